The Morgan fingerprint density at radius 3 is 2.95 bits per heavy atom. The second-order valence-corrected chi connectivity index (χ2v) is 5.08. The van der Waals surface area contributed by atoms with Crippen LogP contribution < -0.4 is 10.4 Å². The minimum atomic E-state index is -1.30. The first-order chi connectivity index (χ1) is 8.99. The summed E-state index contributed by atoms with van der Waals surface area (Å²) in [5.41, 5.74) is -0.327. The van der Waals surface area contributed by atoms with Gasteiger partial charge in [0.2, 0.25) is 0 Å². The van der Waals surface area contributed by atoms with Gasteiger partial charge in [-0.25, -0.2) is 4.79 Å². The van der Waals surface area contributed by atoms with Gasteiger partial charge in [-0.05, 0) is 24.6 Å². The van der Waals surface area contributed by atoms with E-state index < -0.39 is 17.3 Å². The minimum absolute atomic E-state index is 0.375. The molecule has 3 rings (SSSR count). The topological polar surface area (TPSA) is 79.9 Å². The van der Waals surface area contributed by atoms with Gasteiger partial charge >= 0.3 is 5.63 Å². The summed E-state index contributed by atoms with van der Waals surface area (Å²) in [7, 11) is 0. The second-order valence-electron chi connectivity index (χ2n) is 5.08. The van der Waals surface area contributed by atoms with Crippen molar-refractivity contribution in [1.82, 2.24) is 0 Å². The normalized spacial score (nSPS) is 20.9. The van der Waals surface area contributed by atoms with Crippen molar-refractivity contribution < 1.29 is 19.4 Å². The molecule has 0 bridgehead atoms. The number of aliphatic hydroxyl groups is 2. The first-order valence-corrected chi connectivity index (χ1v) is 6.06. The summed E-state index contributed by atoms with van der Waals surface area (Å²) in [4.78, 5) is 11.2. The second kappa shape index (κ2) is 4.08. The zero-order valence-corrected chi connectivity index (χ0v) is 10.4. The van der Waals surface area contributed by atoms with E-state index in [9.17, 15) is 9.90 Å². The van der Waals surface area contributed by atoms with Crippen LogP contribution in [0.3, 0.4) is 0 Å². The Balaban J connectivity index is 2.04. The van der Waals surface area contributed by atoms with Crippen molar-refractivity contribution >= 4 is 11.0 Å². The third-order valence-corrected chi connectivity index (χ3v) is 3.49. The molecule has 5 heteroatoms. The van der Waals surface area contributed by atoms with Gasteiger partial charge in [0.1, 0.15) is 23.0 Å². The highest BCUT2D eigenvalue weighted by Gasteiger charge is 2.38. The van der Waals surface area contributed by atoms with Crippen LogP contribution in [0.5, 0.6) is 5.75 Å². The lowest BCUT2D eigenvalue weighted by atomic mass is 9.96. The van der Waals surface area contributed by atoms with Crippen LogP contribution in [0, 0.1) is 0 Å². The molecule has 1 aromatic carbocycles. The van der Waals surface area contributed by atoms with Crippen molar-refractivity contribution in [3.63, 3.8) is 0 Å². The lowest BCUT2D eigenvalue weighted by Gasteiger charge is -2.26. The molecule has 100 valence electrons. The van der Waals surface area contributed by atoms with Crippen molar-refractivity contribution in [1.29, 1.82) is 0 Å². The van der Waals surface area contributed by atoms with Crippen LogP contribution in [0.1, 0.15) is 12.5 Å². The fraction of sp³-hybridized carbons (Fsp3) is 0.357. The number of benzene rings is 1. The predicted molar refractivity (Wildman–Crippen MR) is 68.3 cm³/mol. The van der Waals surface area contributed by atoms with Crippen molar-refractivity contribution in [2.45, 2.75) is 25.0 Å². The third kappa shape index (κ3) is 2.01. The quantitative estimate of drug-likeness (QED) is 0.784. The summed E-state index contributed by atoms with van der Waals surface area (Å²) in [6, 6.07) is 6.59. The molecular weight excluding hydrogens is 248 g/mol. The van der Waals surface area contributed by atoms with Crippen LogP contribution in [0.25, 0.3) is 11.0 Å². The lowest BCUT2D eigenvalue weighted by Crippen LogP contribution is -2.45. The average Bonchev–Trinajstić information content (AvgIpc) is 2.79. The fourth-order valence-electron chi connectivity index (χ4n) is 2.26. The fourth-order valence-corrected chi connectivity index (χ4v) is 2.26. The third-order valence-electron chi connectivity index (χ3n) is 3.49. The van der Waals surface area contributed by atoms with Crippen molar-refractivity contribution in [2.24, 2.45) is 0 Å². The van der Waals surface area contributed by atoms with Gasteiger partial charge in [0.15, 0.2) is 0 Å². The molecule has 1 aliphatic heterocycles. The molecule has 2 heterocycles. The molecule has 0 spiro atoms. The van der Waals surface area contributed by atoms with Crippen molar-refractivity contribution in [3.05, 3.63) is 40.2 Å². The van der Waals surface area contributed by atoms with Gasteiger partial charge < -0.3 is 19.4 Å². The highest BCUT2D eigenvalue weighted by Crippen LogP contribution is 2.35. The predicted octanol–water partition coefficient (Wildman–Crippen LogP) is 0.840. The Bertz CT molecular complexity index is 686. The van der Waals surface area contributed by atoms with Crippen LogP contribution in [0.15, 0.2) is 33.5 Å². The van der Waals surface area contributed by atoms with Gasteiger partial charge in [0.05, 0.1) is 6.61 Å². The lowest BCUT2D eigenvalue weighted by molar-refractivity contribution is -0.0729. The Labute approximate surface area is 109 Å². The Kier molecular flexibility index (Phi) is 2.62. The number of fused-ring (bicyclic) bond motifs is 2. The smallest absolute Gasteiger partial charge is 0.336 e. The highest BCUT2D eigenvalue weighted by atomic mass is 16.5. The van der Waals surface area contributed by atoms with E-state index in [1.54, 1.807) is 12.1 Å². The molecule has 5 nitrogen and oxygen atoms in total. The molecule has 0 saturated carbocycles. The summed E-state index contributed by atoms with van der Waals surface area (Å²) in [6.45, 7) is 1.16. The summed E-state index contributed by atoms with van der Waals surface area (Å²) >= 11 is 0. The Hall–Kier alpha value is -1.85. The molecule has 1 aromatic heterocycles. The van der Waals surface area contributed by atoms with E-state index in [1.807, 2.05) is 6.07 Å². The minimum Gasteiger partial charge on any atom is -0.487 e. The monoisotopic (exact) mass is 262 g/mol. The average molecular weight is 262 g/mol. The Morgan fingerprint density at radius 2 is 2.21 bits per heavy atom. The van der Waals surface area contributed by atoms with Crippen LogP contribution in [-0.2, 0) is 6.42 Å². The number of hydrogen-bond donors (Lipinski definition) is 2. The van der Waals surface area contributed by atoms with Crippen LogP contribution in [0.2, 0.25) is 0 Å². The van der Waals surface area contributed by atoms with Crippen LogP contribution >= 0.6 is 0 Å². The van der Waals surface area contributed by atoms with Crippen molar-refractivity contribution in [3.8, 4) is 5.75 Å². The van der Waals surface area contributed by atoms with E-state index in [4.69, 9.17) is 14.3 Å². The van der Waals surface area contributed by atoms with Gasteiger partial charge in [-0.1, -0.05) is 0 Å². The maximum atomic E-state index is 11.2. The largest absolute Gasteiger partial charge is 0.487 e. The number of aliphatic hydroxyl groups excluding tert-OH is 1. The molecule has 2 atom stereocenters. The zero-order chi connectivity index (χ0) is 13.6. The summed E-state index contributed by atoms with van der Waals surface area (Å²) in [5, 5.41) is 20.0. The first-order valence-electron chi connectivity index (χ1n) is 6.06. The van der Waals surface area contributed by atoms with Gasteiger partial charge in [-0.15, -0.1) is 0 Å². The maximum Gasteiger partial charge on any atom is 0.336 e. The van der Waals surface area contributed by atoms with Gasteiger partial charge in [-0.2, -0.15) is 0 Å². The SMILES string of the molecule is C[C@](O)(CO)[C@@H]1Cc2cc3ccc(=O)oc3cc2O1. The maximum absolute atomic E-state index is 11.2. The summed E-state index contributed by atoms with van der Waals surface area (Å²) in [6.07, 6.45) is 0.00819. The van der Waals surface area contributed by atoms with E-state index in [0.717, 1.165) is 10.9 Å². The molecule has 0 unspecified atom stereocenters. The van der Waals surface area contributed by atoms with Crippen LogP contribution in [0.4, 0.5) is 0 Å². The molecular formula is C14H14O5. The molecule has 0 fully saturated rings. The van der Waals surface area contributed by atoms with E-state index in [-0.39, 0.29) is 6.61 Å². The van der Waals surface area contributed by atoms with Gasteiger partial charge in [0.25, 0.3) is 0 Å². The van der Waals surface area contributed by atoms with E-state index in [1.165, 1.54) is 13.0 Å². The molecule has 2 N–H and O–H groups in total. The number of hydrogen-bond acceptors (Lipinski definition) is 5. The van der Waals surface area contributed by atoms with E-state index in [2.05, 4.69) is 0 Å². The number of ether oxygens (including phenoxy) is 1. The standard InChI is InChI=1S/C14H14O5/c1-14(17,7-15)12-5-9-4-8-2-3-13(16)19-10(8)6-11(9)18-12/h2-4,6,12,15,17H,5,7H2,1H3/t12-,14-/m0/s1. The van der Waals surface area contributed by atoms with Gasteiger partial charge in [0, 0.05) is 23.9 Å². The van der Waals surface area contributed by atoms with E-state index in [0.29, 0.717) is 17.8 Å². The molecule has 1 aliphatic rings. The first kappa shape index (κ1) is 12.2. The van der Waals surface area contributed by atoms with Crippen molar-refractivity contribution in [2.75, 3.05) is 6.61 Å². The highest BCUT2D eigenvalue weighted by molar-refractivity contribution is 5.79. The molecule has 19 heavy (non-hydrogen) atoms. The molecule has 0 radical (unpaired) electrons. The summed E-state index contributed by atoms with van der Waals surface area (Å²) < 4.78 is 10.7. The van der Waals surface area contributed by atoms with Crippen LogP contribution in [-0.4, -0.2) is 28.5 Å². The molecule has 0 amide bonds. The van der Waals surface area contributed by atoms with E-state index >= 15 is 0 Å². The summed E-state index contributed by atoms with van der Waals surface area (Å²) in [5.74, 6) is 0.584. The molecule has 0 saturated heterocycles. The zero-order valence-electron chi connectivity index (χ0n) is 10.4. The molecule has 2 aromatic rings. The molecule has 0 aliphatic carbocycles. The Morgan fingerprint density at radius 1 is 1.42 bits per heavy atom. The van der Waals surface area contributed by atoms with Gasteiger partial charge in [-0.3, -0.25) is 0 Å². The number of rotatable bonds is 2.